The zero-order valence-electron chi connectivity index (χ0n) is 24.7. The molecule has 9 aromatic rings. The van der Waals surface area contributed by atoms with Gasteiger partial charge in [0.2, 0.25) is 5.96 Å². The summed E-state index contributed by atoms with van der Waals surface area (Å²) < 4.78 is 8.76. The van der Waals surface area contributed by atoms with Crippen LogP contribution < -0.4 is 5.32 Å². The van der Waals surface area contributed by atoms with Crippen LogP contribution in [-0.2, 0) is 0 Å². The quantitative estimate of drug-likeness (QED) is 0.218. The second-order valence-electron chi connectivity index (χ2n) is 11.9. The Morgan fingerprint density at radius 2 is 1.30 bits per heavy atom. The molecule has 1 N–H and O–H groups in total. The number of hydrogen-bond acceptors (Lipinski definition) is 4. The number of furan rings is 1. The predicted molar refractivity (Wildman–Crippen MR) is 190 cm³/mol. The Kier molecular flexibility index (Phi) is 5.28. The number of fused-ring (bicyclic) bond motifs is 9. The van der Waals surface area contributed by atoms with Crippen molar-refractivity contribution in [2.75, 3.05) is 0 Å². The van der Waals surface area contributed by atoms with Crippen LogP contribution in [0.5, 0.6) is 0 Å². The summed E-state index contributed by atoms with van der Waals surface area (Å²) in [6.07, 6.45) is -0.338. The lowest BCUT2D eigenvalue weighted by Crippen LogP contribution is -2.35. The van der Waals surface area contributed by atoms with Crippen LogP contribution in [0.25, 0.3) is 65.3 Å². The van der Waals surface area contributed by atoms with Gasteiger partial charge in [0.25, 0.3) is 0 Å². The van der Waals surface area contributed by atoms with E-state index < -0.39 is 0 Å². The van der Waals surface area contributed by atoms with Crippen LogP contribution in [0.15, 0.2) is 160 Å². The molecule has 1 aliphatic rings. The van der Waals surface area contributed by atoms with E-state index in [0.717, 1.165) is 60.7 Å². The van der Waals surface area contributed by atoms with Crippen molar-refractivity contribution in [1.82, 2.24) is 9.88 Å². The van der Waals surface area contributed by atoms with Crippen molar-refractivity contribution in [3.8, 4) is 0 Å². The molecule has 0 bridgehead atoms. The minimum Gasteiger partial charge on any atom is -0.455 e. The van der Waals surface area contributed by atoms with Gasteiger partial charge in [-0.1, -0.05) is 115 Å². The smallest absolute Gasteiger partial charge is 0.234 e. The highest BCUT2D eigenvalue weighted by atomic mass is 16.3. The first-order valence-corrected chi connectivity index (χ1v) is 15.5. The van der Waals surface area contributed by atoms with Crippen LogP contribution in [0.4, 0.5) is 0 Å². The van der Waals surface area contributed by atoms with Gasteiger partial charge in [0.15, 0.2) is 0 Å². The number of para-hydroxylation sites is 1. The Labute approximate surface area is 263 Å². The molecule has 5 heteroatoms. The maximum atomic E-state index is 6.55. The van der Waals surface area contributed by atoms with Crippen molar-refractivity contribution in [2.45, 2.75) is 6.17 Å². The molecule has 0 amide bonds. The fraction of sp³-hybridized carbons (Fsp3) is 0.0244. The van der Waals surface area contributed by atoms with Crippen molar-refractivity contribution in [1.29, 1.82) is 0 Å². The first kappa shape index (κ1) is 25.2. The molecule has 1 unspecified atom stereocenters. The minimum atomic E-state index is -0.338. The van der Waals surface area contributed by atoms with Crippen LogP contribution in [0.2, 0.25) is 0 Å². The van der Waals surface area contributed by atoms with Gasteiger partial charge in [-0.25, -0.2) is 4.99 Å². The maximum absolute atomic E-state index is 6.55. The average molecular weight is 591 g/mol. The first-order valence-electron chi connectivity index (χ1n) is 15.5. The summed E-state index contributed by atoms with van der Waals surface area (Å²) in [5.41, 5.74) is 5.91. The normalized spacial score (nSPS) is 15.2. The number of aromatic nitrogens is 1. The summed E-state index contributed by atoms with van der Waals surface area (Å²) in [4.78, 5) is 10.6. The van der Waals surface area contributed by atoms with Gasteiger partial charge in [-0.2, -0.15) is 4.99 Å². The minimum absolute atomic E-state index is 0.338. The molecule has 0 radical (unpaired) electrons. The number of benzene rings is 7. The fourth-order valence-electron chi connectivity index (χ4n) is 7.10. The van der Waals surface area contributed by atoms with Crippen molar-refractivity contribution in [3.63, 3.8) is 0 Å². The standard InChI is InChI=1S/C41H26N4O/c1-2-12-26(13-3-1)39-42-40(32-18-10-20-36-37(32)31-22-21-25-11-6-7-16-29(25)38(31)46-36)44-41(43-39)45-34-19-9-8-17-30(34)33-23-27-14-4-5-15-28(27)24-35(33)45/h1-24,39H,(H,42,43,44). The van der Waals surface area contributed by atoms with Gasteiger partial charge in [0.1, 0.15) is 23.2 Å². The first-order chi connectivity index (χ1) is 22.8. The summed E-state index contributed by atoms with van der Waals surface area (Å²) in [6, 6.07) is 50.9. The molecule has 0 fully saturated rings. The van der Waals surface area contributed by atoms with E-state index in [-0.39, 0.29) is 6.17 Å². The summed E-state index contributed by atoms with van der Waals surface area (Å²) in [5, 5.41) is 12.8. The van der Waals surface area contributed by atoms with Gasteiger partial charge in [-0.15, -0.1) is 0 Å². The van der Waals surface area contributed by atoms with Crippen LogP contribution in [0.1, 0.15) is 17.3 Å². The maximum Gasteiger partial charge on any atom is 0.234 e. The molecular formula is C41H26N4O. The van der Waals surface area contributed by atoms with Crippen LogP contribution in [-0.4, -0.2) is 16.4 Å². The number of hydrogen-bond donors (Lipinski definition) is 1. The molecule has 216 valence electrons. The highest BCUT2D eigenvalue weighted by Crippen LogP contribution is 2.38. The molecule has 0 saturated heterocycles. The van der Waals surface area contributed by atoms with Crippen molar-refractivity contribution >= 4 is 77.1 Å². The summed E-state index contributed by atoms with van der Waals surface area (Å²) in [5.74, 6) is 1.39. The Hall–Kier alpha value is -6.20. The van der Waals surface area contributed by atoms with Gasteiger partial charge >= 0.3 is 0 Å². The largest absolute Gasteiger partial charge is 0.455 e. The lowest BCUT2D eigenvalue weighted by molar-refractivity contribution is 0.667. The van der Waals surface area contributed by atoms with E-state index in [0.29, 0.717) is 5.96 Å². The highest BCUT2D eigenvalue weighted by molar-refractivity contribution is 6.25. The van der Waals surface area contributed by atoms with Gasteiger partial charge in [-0.3, -0.25) is 4.57 Å². The van der Waals surface area contributed by atoms with E-state index in [1.54, 1.807) is 0 Å². The van der Waals surface area contributed by atoms with E-state index in [1.165, 1.54) is 21.5 Å². The van der Waals surface area contributed by atoms with Crippen LogP contribution in [0.3, 0.4) is 0 Å². The lowest BCUT2D eigenvalue weighted by atomic mass is 10.0. The van der Waals surface area contributed by atoms with Gasteiger partial charge in [0, 0.05) is 32.5 Å². The third-order valence-electron chi connectivity index (χ3n) is 9.23. The molecule has 5 nitrogen and oxygen atoms in total. The summed E-state index contributed by atoms with van der Waals surface area (Å²) >= 11 is 0. The Morgan fingerprint density at radius 3 is 2.17 bits per heavy atom. The monoisotopic (exact) mass is 590 g/mol. The second-order valence-corrected chi connectivity index (χ2v) is 11.9. The molecular weight excluding hydrogens is 564 g/mol. The van der Waals surface area contributed by atoms with Crippen LogP contribution in [0, 0.1) is 0 Å². The van der Waals surface area contributed by atoms with E-state index in [4.69, 9.17) is 14.4 Å². The van der Waals surface area contributed by atoms with Gasteiger partial charge in [-0.05, 0) is 52.1 Å². The van der Waals surface area contributed by atoms with Crippen molar-refractivity contribution < 1.29 is 4.42 Å². The molecule has 1 atom stereocenters. The number of amidine groups is 1. The Bertz CT molecular complexity index is 2730. The molecule has 0 saturated carbocycles. The topological polar surface area (TPSA) is 54.8 Å². The molecule has 0 aliphatic carbocycles. The second kappa shape index (κ2) is 9.65. The average Bonchev–Trinajstić information content (AvgIpc) is 3.67. The van der Waals surface area contributed by atoms with Crippen LogP contribution >= 0.6 is 0 Å². The fourth-order valence-corrected chi connectivity index (χ4v) is 7.10. The Morgan fingerprint density at radius 1 is 0.565 bits per heavy atom. The molecule has 1 aliphatic heterocycles. The summed E-state index contributed by atoms with van der Waals surface area (Å²) in [6.45, 7) is 0. The van der Waals surface area contributed by atoms with Gasteiger partial charge in [0.05, 0.1) is 11.0 Å². The van der Waals surface area contributed by atoms with Crippen molar-refractivity contribution in [3.05, 3.63) is 157 Å². The zero-order chi connectivity index (χ0) is 30.2. The number of nitrogens with zero attached hydrogens (tertiary/aromatic N) is 3. The van der Waals surface area contributed by atoms with E-state index in [1.807, 2.05) is 18.2 Å². The Balaban J connectivity index is 1.26. The van der Waals surface area contributed by atoms with E-state index in [9.17, 15) is 0 Å². The third-order valence-corrected chi connectivity index (χ3v) is 9.23. The SMILES string of the molecule is c1ccc(C2N=C(n3c4ccccc4c4cc5ccccc5cc43)N=C(c3cccc4oc5c6ccccc6ccc5c34)N2)cc1. The number of aliphatic imine (C=N–C) groups is 2. The molecule has 46 heavy (non-hydrogen) atoms. The highest BCUT2D eigenvalue weighted by Gasteiger charge is 2.26. The molecule has 10 rings (SSSR count). The zero-order valence-corrected chi connectivity index (χ0v) is 24.7. The molecule has 2 aromatic heterocycles. The molecule has 0 spiro atoms. The molecule has 7 aromatic carbocycles. The molecule has 3 heterocycles. The van der Waals surface area contributed by atoms with Crippen molar-refractivity contribution in [2.24, 2.45) is 9.98 Å². The van der Waals surface area contributed by atoms with Gasteiger partial charge < -0.3 is 9.73 Å². The third kappa shape index (κ3) is 3.69. The number of nitrogens with one attached hydrogen (secondary N) is 1. The van der Waals surface area contributed by atoms with E-state index in [2.05, 4.69) is 137 Å². The number of rotatable bonds is 2. The lowest BCUT2D eigenvalue weighted by Gasteiger charge is -2.24. The predicted octanol–water partition coefficient (Wildman–Crippen LogP) is 9.95. The van der Waals surface area contributed by atoms with E-state index >= 15 is 0 Å². The summed E-state index contributed by atoms with van der Waals surface area (Å²) in [7, 11) is 0.